The lowest BCUT2D eigenvalue weighted by Gasteiger charge is -2.20. The van der Waals surface area contributed by atoms with Crippen molar-refractivity contribution in [1.82, 2.24) is 4.98 Å². The van der Waals surface area contributed by atoms with E-state index >= 15 is 0 Å². The van der Waals surface area contributed by atoms with Gasteiger partial charge < -0.3 is 25.3 Å². The second-order valence-corrected chi connectivity index (χ2v) is 4.98. The van der Waals surface area contributed by atoms with Crippen LogP contribution in [0.25, 0.3) is 0 Å². The first-order valence-corrected chi connectivity index (χ1v) is 5.82. The molecule has 0 aromatic carbocycles. The summed E-state index contributed by atoms with van der Waals surface area (Å²) in [7, 11) is 0. The molecule has 1 aromatic rings. The normalized spacial score (nSPS) is 13.7. The first kappa shape index (κ1) is 14.5. The van der Waals surface area contributed by atoms with Crippen molar-refractivity contribution in [2.24, 2.45) is 5.41 Å². The van der Waals surface area contributed by atoms with Crippen molar-refractivity contribution in [2.75, 3.05) is 18.5 Å². The number of pyridine rings is 1. The number of hydrogen-bond donors (Lipinski definition) is 2. The minimum atomic E-state index is -0.990. The number of carbonyl (C=O) groups excluding carboxylic acids is 1. The van der Waals surface area contributed by atoms with E-state index in [2.05, 4.69) is 26.2 Å². The highest BCUT2D eigenvalue weighted by molar-refractivity contribution is 9.10. The van der Waals surface area contributed by atoms with E-state index in [9.17, 15) is 14.9 Å². The van der Waals surface area contributed by atoms with Gasteiger partial charge in [-0.1, -0.05) is 0 Å². The topological polar surface area (TPSA) is 105 Å². The van der Waals surface area contributed by atoms with Crippen LogP contribution in [0, 0.1) is 15.5 Å². The van der Waals surface area contributed by atoms with Gasteiger partial charge in [-0.05, 0) is 38.8 Å². The second-order valence-electron chi connectivity index (χ2n) is 4.07. The zero-order chi connectivity index (χ0) is 13.8. The van der Waals surface area contributed by atoms with Crippen molar-refractivity contribution in [3.8, 4) is 0 Å². The summed E-state index contributed by atoms with van der Waals surface area (Å²) < 4.78 is 0.576. The van der Waals surface area contributed by atoms with Gasteiger partial charge in [-0.3, -0.25) is 0 Å². The maximum atomic E-state index is 10.8. The molecule has 7 nitrogen and oxygen atoms in total. The molecule has 0 fully saturated rings. The summed E-state index contributed by atoms with van der Waals surface area (Å²) in [6.07, 6.45) is 1.92. The molecule has 1 unspecified atom stereocenters. The van der Waals surface area contributed by atoms with Crippen LogP contribution in [0.3, 0.4) is 0 Å². The Labute approximate surface area is 112 Å². The number of halogens is 1. The first-order valence-electron chi connectivity index (χ1n) is 5.03. The number of nitro groups is 1. The number of rotatable bonds is 6. The van der Waals surface area contributed by atoms with Gasteiger partial charge in [0.1, 0.15) is 12.0 Å². The van der Waals surface area contributed by atoms with Gasteiger partial charge in [-0.25, -0.2) is 0 Å². The third-order valence-corrected chi connectivity index (χ3v) is 2.77. The average Bonchev–Trinajstić information content (AvgIpc) is 2.35. The van der Waals surface area contributed by atoms with Crippen LogP contribution in [0.5, 0.6) is 0 Å². The van der Waals surface area contributed by atoms with E-state index in [0.29, 0.717) is 10.8 Å². The zero-order valence-corrected chi connectivity index (χ0v) is 11.2. The van der Waals surface area contributed by atoms with Gasteiger partial charge >= 0.3 is 5.82 Å². The lowest BCUT2D eigenvalue weighted by Crippen LogP contribution is -2.32. The Morgan fingerprint density at radius 3 is 2.89 bits per heavy atom. The molecule has 0 aliphatic heterocycles. The maximum Gasteiger partial charge on any atom is 0.386 e. The molecule has 98 valence electrons. The van der Waals surface area contributed by atoms with Crippen molar-refractivity contribution in [2.45, 2.75) is 6.92 Å². The predicted octanol–water partition coefficient (Wildman–Crippen LogP) is 1.36. The molecule has 1 aromatic heterocycles. The summed E-state index contributed by atoms with van der Waals surface area (Å²) in [5.41, 5.74) is -0.799. The number of aldehydes is 1. The van der Waals surface area contributed by atoms with E-state index in [1.54, 1.807) is 6.92 Å². The predicted molar refractivity (Wildman–Crippen MR) is 68.3 cm³/mol. The number of nitrogens with zero attached hydrogens (tertiary/aromatic N) is 2. The summed E-state index contributed by atoms with van der Waals surface area (Å²) in [6.45, 7) is 1.27. The molecule has 0 radical (unpaired) electrons. The number of anilines is 1. The van der Waals surface area contributed by atoms with Crippen molar-refractivity contribution in [3.63, 3.8) is 0 Å². The third kappa shape index (κ3) is 3.47. The van der Waals surface area contributed by atoms with Gasteiger partial charge in [0.05, 0.1) is 16.5 Å². The van der Waals surface area contributed by atoms with E-state index < -0.39 is 10.3 Å². The molecule has 0 amide bonds. The highest BCUT2D eigenvalue weighted by Gasteiger charge is 2.24. The number of hydrogen-bond acceptors (Lipinski definition) is 6. The summed E-state index contributed by atoms with van der Waals surface area (Å²) in [4.78, 5) is 24.6. The molecule has 0 saturated heterocycles. The Morgan fingerprint density at radius 1 is 1.72 bits per heavy atom. The molecule has 0 bridgehead atoms. The number of aliphatic hydroxyl groups is 1. The minimum Gasteiger partial charge on any atom is -0.395 e. The number of nitrogens with one attached hydrogen (secondary N) is 1. The van der Waals surface area contributed by atoms with Crippen LogP contribution in [-0.2, 0) is 4.79 Å². The molecular weight excluding hydrogens is 306 g/mol. The maximum absolute atomic E-state index is 10.8. The van der Waals surface area contributed by atoms with Crippen LogP contribution in [0.1, 0.15) is 6.92 Å². The van der Waals surface area contributed by atoms with E-state index in [1.165, 1.54) is 12.3 Å². The van der Waals surface area contributed by atoms with Crippen LogP contribution in [0.15, 0.2) is 16.7 Å². The SMILES string of the molecule is CC(C=O)(CO)CNc1cc(Br)cnc1[N+](=O)[O-]. The van der Waals surface area contributed by atoms with E-state index in [1.807, 2.05) is 0 Å². The van der Waals surface area contributed by atoms with Gasteiger partial charge in [0, 0.05) is 6.54 Å². The Bertz CT molecular complexity index is 468. The Kier molecular flexibility index (Phi) is 4.74. The molecule has 0 spiro atoms. The van der Waals surface area contributed by atoms with Crippen LogP contribution in [0.2, 0.25) is 0 Å². The monoisotopic (exact) mass is 317 g/mol. The lowest BCUT2D eigenvalue weighted by molar-refractivity contribution is -0.388. The molecule has 2 N–H and O–H groups in total. The van der Waals surface area contributed by atoms with Gasteiger partial charge in [-0.15, -0.1) is 0 Å². The summed E-state index contributed by atoms with van der Waals surface area (Å²) in [5, 5.41) is 22.6. The Morgan fingerprint density at radius 2 is 2.39 bits per heavy atom. The quantitative estimate of drug-likeness (QED) is 0.466. The van der Waals surface area contributed by atoms with Crippen molar-refractivity contribution >= 4 is 33.7 Å². The molecule has 1 atom stereocenters. The first-order chi connectivity index (χ1) is 8.41. The molecule has 0 aliphatic carbocycles. The highest BCUT2D eigenvalue weighted by Crippen LogP contribution is 2.26. The second kappa shape index (κ2) is 5.87. The molecule has 1 rings (SSSR count). The van der Waals surface area contributed by atoms with Crippen molar-refractivity contribution < 1.29 is 14.8 Å². The fourth-order valence-electron chi connectivity index (χ4n) is 1.14. The fourth-order valence-corrected chi connectivity index (χ4v) is 1.47. The minimum absolute atomic E-state index is 0.0754. The third-order valence-electron chi connectivity index (χ3n) is 2.33. The summed E-state index contributed by atoms with van der Waals surface area (Å²) in [5.74, 6) is -0.329. The van der Waals surface area contributed by atoms with Crippen LogP contribution in [-0.4, -0.2) is 34.5 Å². The average molecular weight is 318 g/mol. The zero-order valence-electron chi connectivity index (χ0n) is 9.59. The molecular formula is C10H12BrN3O4. The summed E-state index contributed by atoms with van der Waals surface area (Å²) >= 11 is 3.16. The van der Waals surface area contributed by atoms with Crippen LogP contribution >= 0.6 is 15.9 Å². The van der Waals surface area contributed by atoms with Gasteiger partial charge in [0.2, 0.25) is 0 Å². The molecule has 18 heavy (non-hydrogen) atoms. The van der Waals surface area contributed by atoms with E-state index in [4.69, 9.17) is 5.11 Å². The van der Waals surface area contributed by atoms with Gasteiger partial charge in [-0.2, -0.15) is 0 Å². The van der Waals surface area contributed by atoms with Crippen molar-refractivity contribution in [3.05, 3.63) is 26.9 Å². The lowest BCUT2D eigenvalue weighted by atomic mass is 9.94. The Balaban J connectivity index is 2.93. The number of carbonyl (C=O) groups is 1. The molecule has 0 aliphatic rings. The molecule has 8 heteroatoms. The van der Waals surface area contributed by atoms with Crippen LogP contribution in [0.4, 0.5) is 11.5 Å². The van der Waals surface area contributed by atoms with E-state index in [-0.39, 0.29) is 24.7 Å². The van der Waals surface area contributed by atoms with Crippen LogP contribution < -0.4 is 5.32 Å². The van der Waals surface area contributed by atoms with Gasteiger partial charge in [0.15, 0.2) is 6.20 Å². The largest absolute Gasteiger partial charge is 0.395 e. The fraction of sp³-hybridized carbons (Fsp3) is 0.400. The van der Waals surface area contributed by atoms with E-state index in [0.717, 1.165) is 0 Å². The van der Waals surface area contributed by atoms with Gasteiger partial charge in [0.25, 0.3) is 0 Å². The molecule has 1 heterocycles. The standard InChI is InChI=1S/C10H12BrN3O4/c1-10(5-15,6-16)4-13-8-2-7(11)3-12-9(8)14(17)18/h2-3,5,13,16H,4,6H2,1H3. The Hall–Kier alpha value is -1.54. The highest BCUT2D eigenvalue weighted by atomic mass is 79.9. The smallest absolute Gasteiger partial charge is 0.386 e. The molecule has 0 saturated carbocycles. The summed E-state index contributed by atoms with van der Waals surface area (Å²) in [6, 6.07) is 1.49. The number of aliphatic hydroxyl groups excluding tert-OH is 1. The van der Waals surface area contributed by atoms with Crippen molar-refractivity contribution in [1.29, 1.82) is 0 Å². The number of aromatic nitrogens is 1.